The molecule has 0 spiro atoms. The van der Waals surface area contributed by atoms with Crippen LogP contribution < -0.4 is 9.21 Å². The van der Waals surface area contributed by atoms with Crippen molar-refractivity contribution in [2.45, 2.75) is 32.0 Å². The minimum Gasteiger partial charge on any atom is -0.366 e. The number of halogens is 1. The van der Waals surface area contributed by atoms with Gasteiger partial charge in [0.25, 0.3) is 5.91 Å². The number of hydrogen-bond donors (Lipinski definition) is 0. The lowest BCUT2D eigenvalue weighted by Gasteiger charge is -2.39. The Hall–Kier alpha value is -3.07. The van der Waals surface area contributed by atoms with Crippen LogP contribution in [-0.2, 0) is 32.6 Å². The van der Waals surface area contributed by atoms with Crippen molar-refractivity contribution in [2.24, 2.45) is 5.92 Å². The molecule has 2 fully saturated rings. The van der Waals surface area contributed by atoms with Crippen LogP contribution in [-0.4, -0.2) is 64.3 Å². The Morgan fingerprint density at radius 2 is 1.57 bits per heavy atom. The number of benzene rings is 3. The number of hydrogen-bond acceptors (Lipinski definition) is 5. The van der Waals surface area contributed by atoms with Crippen molar-refractivity contribution in [2.75, 3.05) is 48.2 Å². The summed E-state index contributed by atoms with van der Waals surface area (Å²) >= 11 is 6.07. The summed E-state index contributed by atoms with van der Waals surface area (Å²) in [6.45, 7) is 3.13. The van der Waals surface area contributed by atoms with E-state index in [1.54, 1.807) is 4.31 Å². The number of para-hydroxylation sites is 2. The molecule has 0 aromatic heterocycles. The predicted octanol–water partition coefficient (Wildman–Crippen LogP) is 4.99. The molecule has 7 nitrogen and oxygen atoms in total. The van der Waals surface area contributed by atoms with E-state index in [0.29, 0.717) is 62.4 Å². The van der Waals surface area contributed by atoms with E-state index >= 15 is 0 Å². The van der Waals surface area contributed by atoms with Gasteiger partial charge in [0.1, 0.15) is 6.10 Å². The lowest BCUT2D eigenvalue weighted by Crippen LogP contribution is -2.52. The first-order valence-corrected chi connectivity index (χ1v) is 16.0. The molecule has 1 amide bonds. The lowest BCUT2D eigenvalue weighted by atomic mass is 10.1. The number of nitrogens with zero attached hydrogens (tertiary/aromatic N) is 3. The molecule has 3 aromatic rings. The average Bonchev–Trinajstić information content (AvgIpc) is 3.79. The smallest absolute Gasteiger partial charge is 0.252 e. The highest BCUT2D eigenvalue weighted by Crippen LogP contribution is 2.37. The van der Waals surface area contributed by atoms with Crippen molar-refractivity contribution >= 4 is 38.9 Å². The highest BCUT2D eigenvalue weighted by Gasteiger charge is 2.33. The zero-order valence-electron chi connectivity index (χ0n) is 22.8. The van der Waals surface area contributed by atoms with E-state index in [0.717, 1.165) is 29.7 Å². The second-order valence-electron chi connectivity index (χ2n) is 10.7. The van der Waals surface area contributed by atoms with E-state index in [9.17, 15) is 13.2 Å². The van der Waals surface area contributed by atoms with E-state index in [1.165, 1.54) is 6.26 Å². The van der Waals surface area contributed by atoms with Crippen molar-refractivity contribution in [3.05, 3.63) is 95.0 Å². The van der Waals surface area contributed by atoms with Gasteiger partial charge in [-0.25, -0.2) is 8.42 Å². The molecule has 1 aliphatic carbocycles. The molecule has 1 aliphatic heterocycles. The maximum atomic E-state index is 13.7. The van der Waals surface area contributed by atoms with Crippen LogP contribution in [0.15, 0.2) is 78.9 Å². The van der Waals surface area contributed by atoms with Gasteiger partial charge in [-0.3, -0.25) is 9.10 Å². The van der Waals surface area contributed by atoms with Gasteiger partial charge in [-0.2, -0.15) is 0 Å². The summed E-state index contributed by atoms with van der Waals surface area (Å²) in [5.74, 6) is 0.385. The first-order chi connectivity index (χ1) is 19.3. The summed E-state index contributed by atoms with van der Waals surface area (Å²) in [5, 5.41) is 0.653. The summed E-state index contributed by atoms with van der Waals surface area (Å²) in [7, 11) is -3.41. The zero-order valence-corrected chi connectivity index (χ0v) is 24.4. The number of ether oxygens (including phenoxy) is 1. The zero-order chi connectivity index (χ0) is 28.1. The highest BCUT2D eigenvalue weighted by atomic mass is 35.5. The Bertz CT molecular complexity index is 1390. The first kappa shape index (κ1) is 28.5. The third-order valence-corrected chi connectivity index (χ3v) is 8.91. The normalized spacial score (nSPS) is 16.6. The second-order valence-corrected chi connectivity index (χ2v) is 13.0. The van der Waals surface area contributed by atoms with Crippen LogP contribution in [0.3, 0.4) is 0 Å². The second kappa shape index (κ2) is 12.6. The summed E-state index contributed by atoms with van der Waals surface area (Å²) in [6.07, 6.45) is 3.24. The quantitative estimate of drug-likeness (QED) is 0.319. The lowest BCUT2D eigenvalue weighted by molar-refractivity contribution is -0.144. The van der Waals surface area contributed by atoms with E-state index in [1.807, 2.05) is 83.8 Å². The van der Waals surface area contributed by atoms with Gasteiger partial charge in [-0.05, 0) is 54.2 Å². The van der Waals surface area contributed by atoms with Gasteiger partial charge in [0.15, 0.2) is 0 Å². The molecule has 0 bridgehead atoms. The SMILES string of the molecule is CS(=O)(=O)N(CC1CC1)c1ccccc1N1CCN(C(=O)C(Cc2ccc(Cl)cc2)OCc2ccccc2)CC1. The van der Waals surface area contributed by atoms with Gasteiger partial charge in [0.2, 0.25) is 10.0 Å². The molecule has 212 valence electrons. The molecule has 1 unspecified atom stereocenters. The summed E-state index contributed by atoms with van der Waals surface area (Å²) in [6, 6.07) is 25.1. The average molecular weight is 582 g/mol. The monoisotopic (exact) mass is 581 g/mol. The van der Waals surface area contributed by atoms with Gasteiger partial charge in [0, 0.05) is 44.2 Å². The molecule has 1 atom stereocenters. The van der Waals surface area contributed by atoms with Crippen LogP contribution in [0.1, 0.15) is 24.0 Å². The van der Waals surface area contributed by atoms with Crippen LogP contribution in [0, 0.1) is 5.92 Å². The van der Waals surface area contributed by atoms with Crippen LogP contribution in [0.5, 0.6) is 0 Å². The van der Waals surface area contributed by atoms with Crippen LogP contribution in [0.25, 0.3) is 0 Å². The highest BCUT2D eigenvalue weighted by molar-refractivity contribution is 7.92. The Labute approximate surface area is 242 Å². The molecule has 1 saturated carbocycles. The molecular formula is C31H36ClN3O4S. The standard InChI is InChI=1S/C31H36ClN3O4S/c1-40(37,38)35(22-25-11-12-25)29-10-6-5-9-28(29)33-17-19-34(20-18-33)31(36)30(21-24-13-15-27(32)16-14-24)39-23-26-7-3-2-4-8-26/h2-10,13-16,25,30H,11-12,17-23H2,1H3. The first-order valence-electron chi connectivity index (χ1n) is 13.8. The summed E-state index contributed by atoms with van der Waals surface area (Å²) < 4.78 is 33.2. The van der Waals surface area contributed by atoms with Gasteiger partial charge >= 0.3 is 0 Å². The minimum atomic E-state index is -3.41. The third kappa shape index (κ3) is 7.36. The maximum absolute atomic E-state index is 13.7. The minimum absolute atomic E-state index is 0.0367. The molecule has 1 saturated heterocycles. The number of sulfonamides is 1. The molecule has 2 aliphatic rings. The third-order valence-electron chi connectivity index (χ3n) is 7.51. The van der Waals surface area contributed by atoms with E-state index < -0.39 is 16.1 Å². The number of anilines is 2. The number of rotatable bonds is 11. The van der Waals surface area contributed by atoms with Gasteiger partial charge in [0.05, 0.1) is 24.2 Å². The number of carbonyl (C=O) groups is 1. The van der Waals surface area contributed by atoms with Crippen LogP contribution in [0.2, 0.25) is 5.02 Å². The predicted molar refractivity (Wildman–Crippen MR) is 160 cm³/mol. The topological polar surface area (TPSA) is 70.2 Å². The van der Waals surface area contributed by atoms with Crippen molar-refractivity contribution in [1.29, 1.82) is 0 Å². The van der Waals surface area contributed by atoms with E-state index in [2.05, 4.69) is 4.90 Å². The molecule has 5 rings (SSSR count). The van der Waals surface area contributed by atoms with Crippen molar-refractivity contribution in [1.82, 2.24) is 4.90 Å². The van der Waals surface area contributed by atoms with Crippen molar-refractivity contribution in [3.8, 4) is 0 Å². The molecular weight excluding hydrogens is 546 g/mol. The molecule has 9 heteroatoms. The Kier molecular flexibility index (Phi) is 8.98. The fourth-order valence-corrected chi connectivity index (χ4v) is 6.20. The van der Waals surface area contributed by atoms with E-state index in [-0.39, 0.29) is 5.91 Å². The van der Waals surface area contributed by atoms with Gasteiger partial charge in [-0.15, -0.1) is 0 Å². The van der Waals surface area contributed by atoms with Crippen molar-refractivity contribution in [3.63, 3.8) is 0 Å². The number of carbonyl (C=O) groups excluding carboxylic acids is 1. The maximum Gasteiger partial charge on any atom is 0.252 e. The van der Waals surface area contributed by atoms with Crippen molar-refractivity contribution < 1.29 is 17.9 Å². The molecule has 40 heavy (non-hydrogen) atoms. The largest absolute Gasteiger partial charge is 0.366 e. The van der Waals surface area contributed by atoms with E-state index in [4.69, 9.17) is 16.3 Å². The number of amides is 1. The Morgan fingerprint density at radius 3 is 2.23 bits per heavy atom. The number of piperazine rings is 1. The molecule has 1 heterocycles. The molecule has 0 radical (unpaired) electrons. The van der Waals surface area contributed by atoms with Gasteiger partial charge in [-0.1, -0.05) is 66.2 Å². The van der Waals surface area contributed by atoms with Crippen LogP contribution >= 0.6 is 11.6 Å². The molecule has 3 aromatic carbocycles. The Morgan fingerprint density at radius 1 is 0.925 bits per heavy atom. The van der Waals surface area contributed by atoms with Gasteiger partial charge < -0.3 is 14.5 Å². The Balaban J connectivity index is 1.28. The molecule has 0 N–H and O–H groups in total. The fourth-order valence-electron chi connectivity index (χ4n) is 5.08. The van der Waals surface area contributed by atoms with Crippen LogP contribution in [0.4, 0.5) is 11.4 Å². The fraction of sp³-hybridized carbons (Fsp3) is 0.387. The summed E-state index contributed by atoms with van der Waals surface area (Å²) in [5.41, 5.74) is 3.60. The summed E-state index contributed by atoms with van der Waals surface area (Å²) in [4.78, 5) is 17.8.